The summed E-state index contributed by atoms with van der Waals surface area (Å²) < 4.78 is 0. The van der Waals surface area contributed by atoms with Gasteiger partial charge >= 0.3 is 0 Å². The molecule has 1 amide bonds. The van der Waals surface area contributed by atoms with Crippen molar-refractivity contribution in [3.63, 3.8) is 0 Å². The molecule has 3 aromatic carbocycles. The van der Waals surface area contributed by atoms with Gasteiger partial charge in [-0.3, -0.25) is 4.79 Å². The maximum absolute atomic E-state index is 12.9. The number of phenols is 1. The number of amides is 1. The van der Waals surface area contributed by atoms with Gasteiger partial charge in [0.15, 0.2) is 5.60 Å². The Labute approximate surface area is 171 Å². The predicted octanol–water partition coefficient (Wildman–Crippen LogP) is 4.09. The molecule has 0 spiro atoms. The number of aliphatic hydroxyl groups is 1. The topological polar surface area (TPSA) is 81.9 Å². The summed E-state index contributed by atoms with van der Waals surface area (Å²) in [5.41, 5.74) is 1.37. The molecule has 0 aliphatic heterocycles. The molecule has 28 heavy (non-hydrogen) atoms. The molecule has 0 aromatic heterocycles. The fourth-order valence-corrected chi connectivity index (χ4v) is 3.22. The number of hydrogen-bond donors (Lipinski definition) is 3. The zero-order valence-corrected chi connectivity index (χ0v) is 16.0. The molecule has 5 nitrogen and oxygen atoms in total. The van der Waals surface area contributed by atoms with Gasteiger partial charge in [0, 0.05) is 10.6 Å². The molecule has 0 heterocycles. The lowest BCUT2D eigenvalue weighted by Crippen LogP contribution is -2.43. The first-order chi connectivity index (χ1) is 13.4. The van der Waals surface area contributed by atoms with Gasteiger partial charge < -0.3 is 10.2 Å². The van der Waals surface area contributed by atoms with E-state index in [1.807, 2.05) is 0 Å². The molecule has 0 atom stereocenters. The number of nitrogens with one attached hydrogen (secondary N) is 1. The summed E-state index contributed by atoms with van der Waals surface area (Å²) >= 11 is 11.8. The Morgan fingerprint density at radius 2 is 1.50 bits per heavy atom. The van der Waals surface area contributed by atoms with Crippen molar-refractivity contribution < 1.29 is 15.0 Å². The number of halogens is 2. The quantitative estimate of drug-likeness (QED) is 0.434. The molecule has 0 radical (unpaired) electrons. The minimum absolute atomic E-state index is 0.0605. The van der Waals surface area contributed by atoms with Gasteiger partial charge in [0.05, 0.1) is 11.2 Å². The van der Waals surface area contributed by atoms with E-state index in [0.717, 1.165) is 0 Å². The zero-order valence-electron chi connectivity index (χ0n) is 14.5. The van der Waals surface area contributed by atoms with Crippen LogP contribution in [-0.4, -0.2) is 22.3 Å². The van der Waals surface area contributed by atoms with Crippen molar-refractivity contribution >= 4 is 35.3 Å². The second-order valence-corrected chi connectivity index (χ2v) is 6.81. The molecule has 7 heteroatoms. The summed E-state index contributed by atoms with van der Waals surface area (Å²) in [6.45, 7) is 0. The highest BCUT2D eigenvalue weighted by atomic mass is 35.5. The van der Waals surface area contributed by atoms with E-state index < -0.39 is 11.5 Å². The number of nitrogens with zero attached hydrogens (tertiary/aromatic N) is 1. The summed E-state index contributed by atoms with van der Waals surface area (Å²) in [6.07, 6.45) is 1.20. The fourth-order valence-electron chi connectivity index (χ4n) is 2.71. The Hall–Kier alpha value is -2.86. The van der Waals surface area contributed by atoms with Crippen LogP contribution in [0.5, 0.6) is 5.75 Å². The van der Waals surface area contributed by atoms with Gasteiger partial charge in [0.2, 0.25) is 0 Å². The van der Waals surface area contributed by atoms with E-state index in [1.165, 1.54) is 18.3 Å². The first kappa shape index (κ1) is 19.9. The monoisotopic (exact) mass is 414 g/mol. The predicted molar refractivity (Wildman–Crippen MR) is 110 cm³/mol. The second-order valence-electron chi connectivity index (χ2n) is 5.97. The molecule has 3 aromatic rings. The highest BCUT2D eigenvalue weighted by Crippen LogP contribution is 2.31. The molecule has 3 rings (SSSR count). The fraction of sp³-hybridized carbons (Fsp3) is 0.0476. The molecular weight excluding hydrogens is 399 g/mol. The van der Waals surface area contributed by atoms with Crippen LogP contribution in [0.25, 0.3) is 0 Å². The number of carbonyl (C=O) groups is 1. The van der Waals surface area contributed by atoms with Crippen molar-refractivity contribution in [3.05, 3.63) is 99.5 Å². The molecule has 0 aliphatic rings. The standard InChI is InChI=1S/C21H16Cl2N2O3/c22-17-11-14(19(26)18(23)12-17)13-24-25-20(27)21(28,15-7-3-1-4-8-15)16-9-5-2-6-10-16/h1-13,26,28H,(H,25,27)/b24-13+. The van der Waals surface area contributed by atoms with Gasteiger partial charge in [-0.2, -0.15) is 5.10 Å². The summed E-state index contributed by atoms with van der Waals surface area (Å²) in [5, 5.41) is 25.5. The van der Waals surface area contributed by atoms with Crippen LogP contribution in [0.3, 0.4) is 0 Å². The van der Waals surface area contributed by atoms with E-state index in [1.54, 1.807) is 60.7 Å². The minimum atomic E-state index is -1.95. The molecule has 0 unspecified atom stereocenters. The Morgan fingerprint density at radius 3 is 2.04 bits per heavy atom. The summed E-state index contributed by atoms with van der Waals surface area (Å²) in [5.74, 6) is -0.973. The van der Waals surface area contributed by atoms with Crippen LogP contribution in [0.1, 0.15) is 16.7 Å². The summed E-state index contributed by atoms with van der Waals surface area (Å²) in [7, 11) is 0. The number of hydrogen-bond acceptors (Lipinski definition) is 4. The minimum Gasteiger partial charge on any atom is -0.506 e. The van der Waals surface area contributed by atoms with E-state index in [2.05, 4.69) is 10.5 Å². The lowest BCUT2D eigenvalue weighted by atomic mass is 9.85. The number of aromatic hydroxyl groups is 1. The lowest BCUT2D eigenvalue weighted by molar-refractivity contribution is -0.136. The average Bonchev–Trinajstić information content (AvgIpc) is 2.72. The van der Waals surface area contributed by atoms with Crippen LogP contribution in [0.2, 0.25) is 10.0 Å². The molecular formula is C21H16Cl2N2O3. The van der Waals surface area contributed by atoms with Gasteiger partial charge in [0.25, 0.3) is 5.91 Å². The zero-order chi connectivity index (χ0) is 20.1. The smallest absolute Gasteiger partial charge is 0.281 e. The number of phenolic OH excluding ortho intramolecular Hbond substituents is 1. The first-order valence-electron chi connectivity index (χ1n) is 8.28. The normalized spacial score (nSPS) is 11.5. The van der Waals surface area contributed by atoms with Gasteiger partial charge in [-0.15, -0.1) is 0 Å². The summed E-state index contributed by atoms with van der Waals surface area (Å²) in [6, 6.07) is 19.9. The highest BCUT2D eigenvalue weighted by Gasteiger charge is 2.39. The maximum Gasteiger partial charge on any atom is 0.281 e. The van der Waals surface area contributed by atoms with Crippen molar-refractivity contribution in [1.29, 1.82) is 0 Å². The van der Waals surface area contributed by atoms with Crippen LogP contribution >= 0.6 is 23.2 Å². The molecule has 3 N–H and O–H groups in total. The van der Waals surface area contributed by atoms with Crippen LogP contribution in [0.4, 0.5) is 0 Å². The van der Waals surface area contributed by atoms with Gasteiger partial charge in [0.1, 0.15) is 5.75 Å². The van der Waals surface area contributed by atoms with Gasteiger partial charge in [-0.25, -0.2) is 5.43 Å². The van der Waals surface area contributed by atoms with E-state index in [0.29, 0.717) is 16.1 Å². The van der Waals surface area contributed by atoms with Crippen LogP contribution in [0, 0.1) is 0 Å². The summed E-state index contributed by atoms with van der Waals surface area (Å²) in [4.78, 5) is 12.9. The Kier molecular flexibility index (Phi) is 5.99. The van der Waals surface area contributed by atoms with E-state index in [4.69, 9.17) is 23.2 Å². The van der Waals surface area contributed by atoms with Crippen LogP contribution < -0.4 is 5.43 Å². The van der Waals surface area contributed by atoms with Crippen molar-refractivity contribution in [2.24, 2.45) is 5.10 Å². The second kappa shape index (κ2) is 8.44. The molecule has 0 saturated carbocycles. The third-order valence-corrected chi connectivity index (χ3v) is 4.65. The number of carbonyl (C=O) groups excluding carboxylic acids is 1. The van der Waals surface area contributed by atoms with Crippen molar-refractivity contribution in [3.8, 4) is 5.75 Å². The Bertz CT molecular complexity index is 969. The first-order valence-corrected chi connectivity index (χ1v) is 9.03. The number of rotatable bonds is 5. The average molecular weight is 415 g/mol. The number of benzene rings is 3. The van der Waals surface area contributed by atoms with E-state index >= 15 is 0 Å². The van der Waals surface area contributed by atoms with Crippen molar-refractivity contribution in [2.75, 3.05) is 0 Å². The van der Waals surface area contributed by atoms with Crippen molar-refractivity contribution in [2.45, 2.75) is 5.60 Å². The Balaban J connectivity index is 1.91. The third kappa shape index (κ3) is 4.02. The van der Waals surface area contributed by atoms with Crippen LogP contribution in [-0.2, 0) is 10.4 Å². The molecule has 0 saturated heterocycles. The van der Waals surface area contributed by atoms with E-state index in [9.17, 15) is 15.0 Å². The highest BCUT2D eigenvalue weighted by molar-refractivity contribution is 6.36. The molecule has 0 bridgehead atoms. The maximum atomic E-state index is 12.9. The Morgan fingerprint density at radius 1 is 0.964 bits per heavy atom. The SMILES string of the molecule is O=C(N/N=C/c1cc(Cl)cc(Cl)c1O)C(O)(c1ccccc1)c1ccccc1. The van der Waals surface area contributed by atoms with Crippen LogP contribution in [0.15, 0.2) is 77.9 Å². The molecule has 0 aliphatic carbocycles. The molecule has 0 fully saturated rings. The third-order valence-electron chi connectivity index (χ3n) is 4.14. The largest absolute Gasteiger partial charge is 0.506 e. The lowest BCUT2D eigenvalue weighted by Gasteiger charge is -2.27. The van der Waals surface area contributed by atoms with Gasteiger partial charge in [-0.1, -0.05) is 83.9 Å². The van der Waals surface area contributed by atoms with E-state index in [-0.39, 0.29) is 16.3 Å². The number of hydrazone groups is 1. The van der Waals surface area contributed by atoms with Gasteiger partial charge in [-0.05, 0) is 23.3 Å². The molecule has 142 valence electrons. The van der Waals surface area contributed by atoms with Crippen molar-refractivity contribution in [1.82, 2.24) is 5.43 Å².